The van der Waals surface area contributed by atoms with E-state index in [0.29, 0.717) is 54.7 Å². The number of nitrogens with one attached hydrogen (secondary N) is 1. The second-order valence-corrected chi connectivity index (χ2v) is 11.1. The maximum Gasteiger partial charge on any atom is 0.341 e. The first kappa shape index (κ1) is 32.9. The number of hydrogen-bond acceptors (Lipinski definition) is 12. The summed E-state index contributed by atoms with van der Waals surface area (Å²) in [6, 6.07) is 5.90. The lowest BCUT2D eigenvalue weighted by atomic mass is 9.97. The number of amides is 1. The van der Waals surface area contributed by atoms with Gasteiger partial charge in [0.15, 0.2) is 5.65 Å². The molecule has 5 rings (SSSR count). The van der Waals surface area contributed by atoms with E-state index in [1.54, 1.807) is 13.0 Å². The van der Waals surface area contributed by atoms with Crippen LogP contribution in [0.1, 0.15) is 62.5 Å². The summed E-state index contributed by atoms with van der Waals surface area (Å²) in [4.78, 5) is 22.9. The summed E-state index contributed by atoms with van der Waals surface area (Å²) < 4.78 is 27.3. The van der Waals surface area contributed by atoms with Gasteiger partial charge in [-0.15, -0.1) is 5.10 Å². The lowest BCUT2D eigenvalue weighted by Crippen LogP contribution is -2.52. The molecule has 0 radical (unpaired) electrons. The summed E-state index contributed by atoms with van der Waals surface area (Å²) in [5.74, 6) is -9.16. The topological polar surface area (TPSA) is 199 Å². The van der Waals surface area contributed by atoms with E-state index in [0.717, 1.165) is 0 Å². The molecule has 1 aliphatic heterocycles. The Labute approximate surface area is 252 Å². The SMILES string of the molecule is CC.Cc1cc(F)c(NC(=O)c2cnc(C(C)(C)C)o2)cc1-c1cc(N2CCOCC2)n2nc(C(O)(O)C(O)(O)O)nc2c1. The highest BCUT2D eigenvalue weighted by Gasteiger charge is 2.51. The van der Waals surface area contributed by atoms with Gasteiger partial charge in [0.1, 0.15) is 11.6 Å². The molecule has 15 heteroatoms. The molecule has 44 heavy (non-hydrogen) atoms. The van der Waals surface area contributed by atoms with Crippen LogP contribution in [-0.4, -0.2) is 83.3 Å². The molecule has 0 aliphatic carbocycles. The number of morpholine rings is 1. The van der Waals surface area contributed by atoms with E-state index in [-0.39, 0.29) is 17.1 Å². The van der Waals surface area contributed by atoms with E-state index < -0.39 is 34.7 Å². The average molecular weight is 617 g/mol. The zero-order valence-electron chi connectivity index (χ0n) is 25.3. The van der Waals surface area contributed by atoms with Gasteiger partial charge in [0.05, 0.1) is 25.1 Å². The number of nitrogens with zero attached hydrogens (tertiary/aromatic N) is 5. The third kappa shape index (κ3) is 6.43. The van der Waals surface area contributed by atoms with Crippen molar-refractivity contribution in [1.29, 1.82) is 0 Å². The number of carbonyl (C=O) groups excluding carboxylic acids is 1. The molecular weight excluding hydrogens is 579 g/mol. The van der Waals surface area contributed by atoms with Crippen molar-refractivity contribution in [3.8, 4) is 11.1 Å². The van der Waals surface area contributed by atoms with Crippen LogP contribution >= 0.6 is 0 Å². The molecule has 0 atom stereocenters. The van der Waals surface area contributed by atoms with Gasteiger partial charge in [-0.05, 0) is 47.9 Å². The van der Waals surface area contributed by atoms with Crippen LogP contribution in [0.4, 0.5) is 15.9 Å². The number of hydrogen-bond donors (Lipinski definition) is 6. The number of fused-ring (bicyclic) bond motifs is 1. The van der Waals surface area contributed by atoms with Gasteiger partial charge in [-0.25, -0.2) is 14.4 Å². The first-order valence-corrected chi connectivity index (χ1v) is 14.0. The fraction of sp³-hybridized carbons (Fsp3) is 0.448. The number of aryl methyl sites for hydroxylation is 1. The van der Waals surface area contributed by atoms with Crippen LogP contribution in [-0.2, 0) is 15.9 Å². The smallest absolute Gasteiger partial charge is 0.341 e. The van der Waals surface area contributed by atoms with Crippen molar-refractivity contribution in [3.05, 3.63) is 59.3 Å². The molecule has 3 aromatic heterocycles. The van der Waals surface area contributed by atoms with Crippen LogP contribution in [0.3, 0.4) is 0 Å². The second kappa shape index (κ2) is 12.2. The largest absolute Gasteiger partial charge is 0.435 e. The molecule has 238 valence electrons. The lowest BCUT2D eigenvalue weighted by molar-refractivity contribution is -0.456. The van der Waals surface area contributed by atoms with Gasteiger partial charge in [0, 0.05) is 18.5 Å². The normalized spacial score (nSPS) is 14.4. The molecule has 4 aromatic rings. The number of pyridine rings is 1. The minimum atomic E-state index is -3.96. The average Bonchev–Trinajstić information content (AvgIpc) is 3.63. The Morgan fingerprint density at radius 2 is 1.68 bits per heavy atom. The molecule has 0 saturated carbocycles. The Balaban J connectivity index is 0.00000216. The number of anilines is 2. The maximum atomic E-state index is 15.0. The number of halogens is 1. The Kier molecular flexibility index (Phi) is 9.11. The van der Waals surface area contributed by atoms with Crippen LogP contribution in [0.15, 0.2) is 34.9 Å². The molecule has 0 spiro atoms. The summed E-state index contributed by atoms with van der Waals surface area (Å²) in [5.41, 5.74) is 0.997. The van der Waals surface area contributed by atoms with Crippen molar-refractivity contribution < 1.29 is 43.9 Å². The van der Waals surface area contributed by atoms with Crippen molar-refractivity contribution in [2.75, 3.05) is 36.5 Å². The Bertz CT molecular complexity index is 1650. The number of benzene rings is 1. The van der Waals surface area contributed by atoms with Gasteiger partial charge < -0.3 is 44.9 Å². The predicted octanol–water partition coefficient (Wildman–Crippen LogP) is 2.01. The summed E-state index contributed by atoms with van der Waals surface area (Å²) in [5, 5.41) is 55.3. The second-order valence-electron chi connectivity index (χ2n) is 11.1. The molecule has 1 saturated heterocycles. The Morgan fingerprint density at radius 1 is 1.02 bits per heavy atom. The Hall–Kier alpha value is -3.99. The molecule has 1 fully saturated rings. The number of rotatable bonds is 6. The third-order valence-corrected chi connectivity index (χ3v) is 6.78. The number of oxazole rings is 1. The van der Waals surface area contributed by atoms with Gasteiger partial charge in [0.2, 0.25) is 17.5 Å². The molecular formula is C29H37FN6O8. The van der Waals surface area contributed by atoms with Crippen LogP contribution in [0.5, 0.6) is 0 Å². The minimum absolute atomic E-state index is 0.0476. The lowest BCUT2D eigenvalue weighted by Gasteiger charge is -2.29. The van der Waals surface area contributed by atoms with E-state index in [1.807, 2.05) is 39.5 Å². The first-order valence-electron chi connectivity index (χ1n) is 14.0. The number of aromatic nitrogens is 4. The predicted molar refractivity (Wildman–Crippen MR) is 156 cm³/mol. The monoisotopic (exact) mass is 616 g/mol. The minimum Gasteiger partial charge on any atom is -0.435 e. The van der Waals surface area contributed by atoms with E-state index >= 15 is 4.39 Å². The molecule has 1 aliphatic rings. The zero-order chi connectivity index (χ0) is 32.6. The molecule has 1 amide bonds. The van der Waals surface area contributed by atoms with Crippen molar-refractivity contribution >= 4 is 23.1 Å². The third-order valence-electron chi connectivity index (χ3n) is 6.78. The van der Waals surface area contributed by atoms with E-state index in [2.05, 4.69) is 20.4 Å². The van der Waals surface area contributed by atoms with Gasteiger partial charge >= 0.3 is 11.8 Å². The van der Waals surface area contributed by atoms with Crippen molar-refractivity contribution in [2.24, 2.45) is 0 Å². The zero-order valence-corrected chi connectivity index (χ0v) is 25.3. The van der Waals surface area contributed by atoms with E-state index in [9.17, 15) is 30.3 Å². The fourth-order valence-corrected chi connectivity index (χ4v) is 4.43. The highest BCUT2D eigenvalue weighted by molar-refractivity contribution is 6.02. The first-order chi connectivity index (χ1) is 20.6. The number of ether oxygens (including phenoxy) is 1. The number of aliphatic hydroxyl groups is 5. The maximum absolute atomic E-state index is 15.0. The highest BCUT2D eigenvalue weighted by Crippen LogP contribution is 2.34. The molecule has 0 unspecified atom stereocenters. The molecule has 1 aromatic carbocycles. The molecule has 14 nitrogen and oxygen atoms in total. The molecule has 0 bridgehead atoms. The molecule has 6 N–H and O–H groups in total. The summed E-state index contributed by atoms with van der Waals surface area (Å²) in [6.07, 6.45) is 1.27. The van der Waals surface area contributed by atoms with Gasteiger partial charge in [0.25, 0.3) is 5.91 Å². The van der Waals surface area contributed by atoms with Gasteiger partial charge in [-0.3, -0.25) is 4.79 Å². The molecule has 4 heterocycles. The van der Waals surface area contributed by atoms with Crippen LogP contribution in [0.2, 0.25) is 0 Å². The van der Waals surface area contributed by atoms with E-state index in [4.69, 9.17) is 9.15 Å². The highest BCUT2D eigenvalue weighted by atomic mass is 19.1. The fourth-order valence-electron chi connectivity index (χ4n) is 4.43. The quantitative estimate of drug-likeness (QED) is 0.173. The summed E-state index contributed by atoms with van der Waals surface area (Å²) in [7, 11) is 0. The van der Waals surface area contributed by atoms with Crippen molar-refractivity contribution in [1.82, 2.24) is 19.6 Å². The summed E-state index contributed by atoms with van der Waals surface area (Å²) >= 11 is 0. The number of carbonyl (C=O) groups is 1. The van der Waals surface area contributed by atoms with Gasteiger partial charge in [-0.2, -0.15) is 4.52 Å². The standard InChI is InChI=1S/C27H31FN6O8.C2H6/c1-14-9-17(28)18(30-22(35)19-13-29-24(42-19)25(2,3)4)12-16(14)15-10-20-31-23(26(36,37)27(38,39)40)32-34(20)21(11-15)33-5-7-41-8-6-33;1-2/h9-13,36-40H,5-8H2,1-4H3,(H,30,35);1-2H3. The van der Waals surface area contributed by atoms with Crippen LogP contribution < -0.4 is 10.2 Å². The van der Waals surface area contributed by atoms with Gasteiger partial charge in [-0.1, -0.05) is 34.6 Å². The van der Waals surface area contributed by atoms with Crippen LogP contribution in [0, 0.1) is 12.7 Å². The van der Waals surface area contributed by atoms with Crippen molar-refractivity contribution in [3.63, 3.8) is 0 Å². The summed E-state index contributed by atoms with van der Waals surface area (Å²) in [6.45, 7) is 13.0. The van der Waals surface area contributed by atoms with Crippen molar-refractivity contribution in [2.45, 2.75) is 58.7 Å². The Morgan fingerprint density at radius 3 is 2.27 bits per heavy atom. The van der Waals surface area contributed by atoms with E-state index in [1.165, 1.54) is 28.9 Å². The van der Waals surface area contributed by atoms with Crippen LogP contribution in [0.25, 0.3) is 16.8 Å².